The Morgan fingerprint density at radius 3 is 0.769 bits per heavy atom. The second-order valence-electron chi connectivity index (χ2n) is 24.7. The predicted molar refractivity (Wildman–Crippen MR) is 399 cm³/mol. The standard InChI is InChI=1S/2C41H23N11/c1-2-5-29-21-34-32(20-28(29)4-1)6-3-7-33(34)41-43-39(26-12-8-24(9-13-26)30-16-18-35-37(22-30)47-51-49-45-35)42-40(44-41)27-14-10-25(11-15-27)31-17-19-36-38(23-31)48-52-50-46-36;1-2-4-29-20-34-21-33(14-13-30(34)19-28(29)3-1)41-43-39(26-9-5-24(6-10-26)31-15-17-35-37(22-31)47-51-49-45-35)42-40(44-41)27-11-7-25(8-12-27)32-16-18-36-38(23-32)48-52-50-46-36/h2*1-23H. The van der Waals surface area contributed by atoms with Crippen LogP contribution in [0.3, 0.4) is 0 Å². The van der Waals surface area contributed by atoms with Crippen LogP contribution in [-0.4, -0.2) is 112 Å². The molecule has 0 radical (unpaired) electrons. The smallest absolute Gasteiger partial charge is 0.164 e. The second kappa shape index (κ2) is 25.7. The third kappa shape index (κ3) is 11.7. The first-order valence-electron chi connectivity index (χ1n) is 33.1. The molecular weight excluding hydrogens is 1290 g/mol. The number of hydrogen-bond donors (Lipinski definition) is 0. The lowest BCUT2D eigenvalue weighted by atomic mass is 9.99. The van der Waals surface area contributed by atoms with Crippen molar-refractivity contribution in [3.05, 3.63) is 279 Å². The number of rotatable bonds is 10. The second-order valence-corrected chi connectivity index (χ2v) is 24.7. The van der Waals surface area contributed by atoms with Crippen LogP contribution in [0.15, 0.2) is 279 Å². The molecule has 0 bridgehead atoms. The molecule has 20 rings (SSSR count). The van der Waals surface area contributed by atoms with Crippen molar-refractivity contribution < 1.29 is 0 Å². The molecule has 0 N–H and O–H groups in total. The van der Waals surface area contributed by atoms with Crippen LogP contribution in [0.25, 0.3) is 200 Å². The van der Waals surface area contributed by atoms with Crippen molar-refractivity contribution >= 4 is 87.2 Å². The van der Waals surface area contributed by atoms with Crippen molar-refractivity contribution in [2.45, 2.75) is 0 Å². The maximum Gasteiger partial charge on any atom is 0.164 e. The highest BCUT2D eigenvalue weighted by Gasteiger charge is 2.19. The maximum absolute atomic E-state index is 5.09. The Morgan fingerprint density at radius 1 is 0.144 bits per heavy atom. The van der Waals surface area contributed by atoms with Crippen molar-refractivity contribution in [3.63, 3.8) is 0 Å². The Hall–Kier alpha value is -15.1. The fraction of sp³-hybridized carbons (Fsp3) is 0. The zero-order valence-electron chi connectivity index (χ0n) is 54.4. The lowest BCUT2D eigenvalue weighted by Crippen LogP contribution is -2.00. The van der Waals surface area contributed by atoms with E-state index >= 15 is 0 Å². The summed E-state index contributed by atoms with van der Waals surface area (Å²) in [6.07, 6.45) is 0. The summed E-state index contributed by atoms with van der Waals surface area (Å²) in [5.74, 6) is 3.47. The largest absolute Gasteiger partial charge is 0.208 e. The van der Waals surface area contributed by atoms with E-state index < -0.39 is 0 Å². The van der Waals surface area contributed by atoms with Gasteiger partial charge in [0.15, 0.2) is 34.9 Å². The molecule has 0 saturated carbocycles. The first kappa shape index (κ1) is 60.1. The lowest BCUT2D eigenvalue weighted by Gasteiger charge is -2.12. The van der Waals surface area contributed by atoms with Gasteiger partial charge in [-0.25, -0.2) is 29.9 Å². The third-order valence-electron chi connectivity index (χ3n) is 18.4. The molecule has 6 aromatic heterocycles. The van der Waals surface area contributed by atoms with E-state index in [1.54, 1.807) is 0 Å². The Bertz CT molecular complexity index is 6450. The van der Waals surface area contributed by atoms with E-state index in [0.717, 1.165) is 105 Å². The number of fused-ring (bicyclic) bond motifs is 8. The van der Waals surface area contributed by atoms with E-state index in [0.29, 0.717) is 79.1 Å². The zero-order valence-corrected chi connectivity index (χ0v) is 54.4. The minimum absolute atomic E-state index is 0.572. The van der Waals surface area contributed by atoms with E-state index in [4.69, 9.17) is 29.9 Å². The van der Waals surface area contributed by atoms with Gasteiger partial charge < -0.3 is 0 Å². The number of hydrogen-bond acceptors (Lipinski definition) is 22. The fourth-order valence-electron chi connectivity index (χ4n) is 13.0. The van der Waals surface area contributed by atoms with Gasteiger partial charge in [0.05, 0.1) is 0 Å². The van der Waals surface area contributed by atoms with Crippen LogP contribution < -0.4 is 0 Å². The topological polar surface area (TPSA) is 284 Å². The average Bonchev–Trinajstić information content (AvgIpc) is 0.727. The van der Waals surface area contributed by atoms with E-state index in [1.807, 2.05) is 121 Å². The van der Waals surface area contributed by atoms with Crippen LogP contribution in [0, 0.1) is 0 Å². The van der Waals surface area contributed by atoms with Crippen molar-refractivity contribution in [1.29, 1.82) is 0 Å². The summed E-state index contributed by atoms with van der Waals surface area (Å²) in [4.78, 5) is 30.3. The summed E-state index contributed by atoms with van der Waals surface area (Å²) < 4.78 is 0. The van der Waals surface area contributed by atoms with Crippen LogP contribution in [0.5, 0.6) is 0 Å². The van der Waals surface area contributed by atoms with Gasteiger partial charge in [-0.05, 0) is 208 Å². The zero-order chi connectivity index (χ0) is 68.9. The minimum atomic E-state index is 0.572. The molecule has 0 aliphatic rings. The monoisotopic (exact) mass is 1340 g/mol. The van der Waals surface area contributed by atoms with E-state index in [1.165, 1.54) is 16.2 Å². The number of aromatic nitrogens is 22. The molecule has 0 atom stereocenters. The molecule has 104 heavy (non-hydrogen) atoms. The van der Waals surface area contributed by atoms with Crippen molar-refractivity contribution in [2.75, 3.05) is 0 Å². The quantitative estimate of drug-likeness (QED) is 0.115. The average molecular weight is 1340 g/mol. The van der Waals surface area contributed by atoms with Gasteiger partial charge in [-0.3, -0.25) is 0 Å². The van der Waals surface area contributed by atoms with Gasteiger partial charge in [0, 0.05) is 33.4 Å². The van der Waals surface area contributed by atoms with Crippen molar-refractivity contribution in [3.8, 4) is 113 Å². The maximum atomic E-state index is 5.09. The summed E-state index contributed by atoms with van der Waals surface area (Å²) in [5.41, 5.74) is 18.8. The molecule has 0 saturated heterocycles. The molecule has 6 heterocycles. The van der Waals surface area contributed by atoms with Crippen LogP contribution in [0.4, 0.5) is 0 Å². The molecule has 14 aromatic carbocycles. The van der Waals surface area contributed by atoms with Gasteiger partial charge in [0.2, 0.25) is 0 Å². The lowest BCUT2D eigenvalue weighted by molar-refractivity contribution is 0.797. The SMILES string of the molecule is c1ccc2cc3c(-c4nc(-c5ccc(-c6ccc7nnnnc7c6)cc5)nc(-c5ccc(-c6ccc7nnnnc7c6)cc5)n4)cccc3cc2c1.c1ccc2cc3cc(-c4nc(-c5ccc(-c6ccc7nnnnc7c6)cc5)nc(-c5ccc(-c6ccc7nnnnc7c6)cc5)n4)ccc3cc2c1. The van der Waals surface area contributed by atoms with Crippen LogP contribution in [-0.2, 0) is 0 Å². The van der Waals surface area contributed by atoms with Gasteiger partial charge in [-0.15, -0.1) is 40.8 Å². The first-order chi connectivity index (χ1) is 51.4. The Morgan fingerprint density at radius 2 is 0.404 bits per heavy atom. The predicted octanol–water partition coefficient (Wildman–Crippen LogP) is 16.0. The van der Waals surface area contributed by atoms with Gasteiger partial charge in [0.25, 0.3) is 0 Å². The third-order valence-corrected chi connectivity index (χ3v) is 18.4. The summed E-state index contributed by atoms with van der Waals surface area (Å²) in [7, 11) is 0. The van der Waals surface area contributed by atoms with Gasteiger partial charge in [0.1, 0.15) is 44.1 Å². The molecule has 0 unspecified atom stereocenters. The van der Waals surface area contributed by atoms with E-state index in [9.17, 15) is 0 Å². The Kier molecular flexibility index (Phi) is 14.8. The molecule has 0 spiro atoms. The van der Waals surface area contributed by atoms with Crippen LogP contribution >= 0.6 is 0 Å². The summed E-state index contributed by atoms with van der Waals surface area (Å²) in [5, 5.41) is 71.1. The Labute approximate surface area is 588 Å². The highest BCUT2D eigenvalue weighted by molar-refractivity contribution is 6.05. The molecule has 20 aromatic rings. The summed E-state index contributed by atoms with van der Waals surface area (Å²) in [6, 6.07) is 94.3. The number of benzene rings is 14. The molecule has 22 heteroatoms. The van der Waals surface area contributed by atoms with Crippen LogP contribution in [0.2, 0.25) is 0 Å². The van der Waals surface area contributed by atoms with Gasteiger partial charge in [-0.1, -0.05) is 200 Å². The first-order valence-corrected chi connectivity index (χ1v) is 33.1. The Balaban J connectivity index is 0.000000143. The molecule has 0 fully saturated rings. The van der Waals surface area contributed by atoms with E-state index in [2.05, 4.69) is 240 Å². The molecule has 0 aliphatic heterocycles. The van der Waals surface area contributed by atoms with Gasteiger partial charge >= 0.3 is 0 Å². The molecule has 484 valence electrons. The minimum Gasteiger partial charge on any atom is -0.208 e. The number of nitrogens with zero attached hydrogens (tertiary/aromatic N) is 22. The molecular formula is C82H46N22. The fourth-order valence-corrected chi connectivity index (χ4v) is 13.0. The molecule has 0 aliphatic carbocycles. The van der Waals surface area contributed by atoms with Crippen molar-refractivity contribution in [1.82, 2.24) is 112 Å². The highest BCUT2D eigenvalue weighted by Crippen LogP contribution is 2.37. The summed E-state index contributed by atoms with van der Waals surface area (Å²) >= 11 is 0. The normalized spacial score (nSPS) is 11.5. The van der Waals surface area contributed by atoms with E-state index in [-0.39, 0.29) is 0 Å². The molecule has 22 nitrogen and oxygen atoms in total. The highest BCUT2D eigenvalue weighted by atomic mass is 15.4. The molecule has 0 amide bonds. The van der Waals surface area contributed by atoms with Crippen molar-refractivity contribution in [2.24, 2.45) is 0 Å². The van der Waals surface area contributed by atoms with Crippen LogP contribution in [0.1, 0.15) is 0 Å². The van der Waals surface area contributed by atoms with Gasteiger partial charge in [-0.2, -0.15) is 0 Å². The summed E-state index contributed by atoms with van der Waals surface area (Å²) in [6.45, 7) is 0.